The van der Waals surface area contributed by atoms with Crippen LogP contribution < -0.4 is 15.4 Å². The molecule has 1 aliphatic heterocycles. The highest BCUT2D eigenvalue weighted by atomic mass is 127. The first-order chi connectivity index (χ1) is 13.7. The molecular weight excluding hydrogens is 519 g/mol. The van der Waals surface area contributed by atoms with Gasteiger partial charge in [-0.25, -0.2) is 4.99 Å². The molecule has 0 bridgehead atoms. The van der Waals surface area contributed by atoms with Gasteiger partial charge in [0.25, 0.3) is 0 Å². The number of rotatable bonds is 7. The summed E-state index contributed by atoms with van der Waals surface area (Å²) >= 11 is 7.82. The molecule has 0 spiro atoms. The highest BCUT2D eigenvalue weighted by Gasteiger charge is 2.20. The van der Waals surface area contributed by atoms with Gasteiger partial charge in [0.15, 0.2) is 5.96 Å². The summed E-state index contributed by atoms with van der Waals surface area (Å²) in [7, 11) is 1.66. The summed E-state index contributed by atoms with van der Waals surface area (Å²) in [5.41, 5.74) is 2.44. The van der Waals surface area contributed by atoms with Crippen molar-refractivity contribution in [2.24, 2.45) is 4.99 Å². The van der Waals surface area contributed by atoms with E-state index in [0.717, 1.165) is 56.3 Å². The maximum absolute atomic E-state index is 6.05. The Hall–Kier alpha value is -1.03. The smallest absolute Gasteiger partial charge is 0.191 e. The van der Waals surface area contributed by atoms with Crippen LogP contribution >= 0.6 is 46.9 Å². The fourth-order valence-electron chi connectivity index (χ4n) is 3.40. The molecule has 0 saturated carbocycles. The molecule has 0 radical (unpaired) electrons. The molecule has 8 heteroatoms. The summed E-state index contributed by atoms with van der Waals surface area (Å²) in [6.07, 6.45) is 2.25. The van der Waals surface area contributed by atoms with Gasteiger partial charge in [-0.05, 0) is 54.3 Å². The maximum Gasteiger partial charge on any atom is 0.191 e. The van der Waals surface area contributed by atoms with Crippen molar-refractivity contribution in [2.45, 2.75) is 38.9 Å². The lowest BCUT2D eigenvalue weighted by atomic mass is 10.0. The van der Waals surface area contributed by atoms with Crippen molar-refractivity contribution in [3.63, 3.8) is 0 Å². The van der Waals surface area contributed by atoms with E-state index >= 15 is 0 Å². The van der Waals surface area contributed by atoms with Crippen LogP contribution in [0.2, 0.25) is 5.02 Å². The van der Waals surface area contributed by atoms with Gasteiger partial charge in [-0.3, -0.25) is 4.90 Å². The van der Waals surface area contributed by atoms with Crippen LogP contribution in [0.1, 0.15) is 30.9 Å². The molecule has 2 N–H and O–H groups in total. The van der Waals surface area contributed by atoms with Crippen LogP contribution in [-0.4, -0.2) is 43.6 Å². The van der Waals surface area contributed by atoms with Gasteiger partial charge in [0.05, 0.1) is 13.7 Å². The number of nitrogens with one attached hydrogen (secondary N) is 2. The van der Waals surface area contributed by atoms with Crippen LogP contribution in [0.15, 0.2) is 40.0 Å². The minimum Gasteiger partial charge on any atom is -0.496 e. The second-order valence-corrected chi connectivity index (χ2v) is 8.19. The molecule has 0 atom stereocenters. The third-order valence-electron chi connectivity index (χ3n) is 4.92. The van der Waals surface area contributed by atoms with Crippen LogP contribution in [0.4, 0.5) is 0 Å². The normalized spacial score (nSPS) is 15.6. The first-order valence-electron chi connectivity index (χ1n) is 9.78. The number of benzene rings is 1. The number of halogens is 2. The number of aliphatic imine (C=N–C) groups is 1. The Morgan fingerprint density at radius 3 is 2.76 bits per heavy atom. The van der Waals surface area contributed by atoms with Gasteiger partial charge in [-0.1, -0.05) is 17.7 Å². The number of methoxy groups -OCH3 is 1. The van der Waals surface area contributed by atoms with Crippen LogP contribution in [-0.2, 0) is 13.1 Å². The zero-order valence-electron chi connectivity index (χ0n) is 17.0. The molecule has 29 heavy (non-hydrogen) atoms. The second kappa shape index (κ2) is 12.6. The zero-order chi connectivity index (χ0) is 19.8. The molecule has 2 heterocycles. The van der Waals surface area contributed by atoms with Gasteiger partial charge in [-0.15, -0.1) is 24.0 Å². The second-order valence-electron chi connectivity index (χ2n) is 6.98. The standard InChI is InChI=1S/C21H29ClN4OS.HI/c1-3-23-21(24-13-17-4-5-18(22)12-20(17)27-2)25-19-6-9-26(10-7-19)14-16-8-11-28-15-16;/h4-5,8,11-12,15,19H,3,6-7,9-10,13-14H2,1-2H3,(H2,23,24,25);1H. The Labute approximate surface area is 199 Å². The highest BCUT2D eigenvalue weighted by molar-refractivity contribution is 14.0. The molecule has 0 aliphatic carbocycles. The van der Waals surface area contributed by atoms with Crippen LogP contribution in [0.25, 0.3) is 0 Å². The SMILES string of the molecule is CCNC(=NCc1ccc(Cl)cc1OC)NC1CCN(Cc2ccsc2)CC1.I. The molecule has 3 rings (SSSR count). The Balaban J connectivity index is 0.00000300. The van der Waals surface area contributed by atoms with Gasteiger partial charge < -0.3 is 15.4 Å². The van der Waals surface area contributed by atoms with Crippen molar-refractivity contribution >= 4 is 52.9 Å². The molecule has 1 aromatic heterocycles. The summed E-state index contributed by atoms with van der Waals surface area (Å²) < 4.78 is 5.42. The predicted octanol–water partition coefficient (Wildman–Crippen LogP) is 4.75. The Morgan fingerprint density at radius 2 is 2.10 bits per heavy atom. The molecule has 5 nitrogen and oxygen atoms in total. The van der Waals surface area contributed by atoms with Crippen LogP contribution in [0.5, 0.6) is 5.75 Å². The fraction of sp³-hybridized carbons (Fsp3) is 0.476. The average Bonchev–Trinajstić information content (AvgIpc) is 3.21. The van der Waals surface area contributed by atoms with Crippen molar-refractivity contribution in [1.82, 2.24) is 15.5 Å². The predicted molar refractivity (Wildman–Crippen MR) is 134 cm³/mol. The number of thiophene rings is 1. The Bertz CT molecular complexity index is 764. The first-order valence-corrected chi connectivity index (χ1v) is 11.1. The van der Waals surface area contributed by atoms with E-state index in [4.69, 9.17) is 21.3 Å². The minimum absolute atomic E-state index is 0. The average molecular weight is 549 g/mol. The topological polar surface area (TPSA) is 48.9 Å². The lowest BCUT2D eigenvalue weighted by Crippen LogP contribution is -2.48. The number of likely N-dealkylation sites (tertiary alicyclic amines) is 1. The molecule has 1 saturated heterocycles. The van der Waals surface area contributed by atoms with E-state index < -0.39 is 0 Å². The molecule has 0 amide bonds. The third-order valence-corrected chi connectivity index (χ3v) is 5.88. The van der Waals surface area contributed by atoms with Gasteiger partial charge in [0.1, 0.15) is 5.75 Å². The van der Waals surface area contributed by atoms with E-state index in [1.807, 2.05) is 18.2 Å². The lowest BCUT2D eigenvalue weighted by Gasteiger charge is -2.33. The van der Waals surface area contributed by atoms with E-state index in [0.29, 0.717) is 17.6 Å². The number of ether oxygens (including phenoxy) is 1. The Morgan fingerprint density at radius 1 is 1.31 bits per heavy atom. The molecule has 1 fully saturated rings. The van der Waals surface area contributed by atoms with Crippen molar-refractivity contribution < 1.29 is 4.74 Å². The zero-order valence-corrected chi connectivity index (χ0v) is 20.9. The van der Waals surface area contributed by atoms with Gasteiger partial charge >= 0.3 is 0 Å². The summed E-state index contributed by atoms with van der Waals surface area (Å²) in [6, 6.07) is 8.34. The molecule has 160 valence electrons. The molecule has 1 aromatic carbocycles. The number of guanidine groups is 1. The number of nitrogens with zero attached hydrogens (tertiary/aromatic N) is 2. The summed E-state index contributed by atoms with van der Waals surface area (Å²) in [5.74, 6) is 1.63. The molecule has 1 aliphatic rings. The molecular formula is C21H30ClIN4OS. The van der Waals surface area contributed by atoms with Crippen molar-refractivity contribution in [3.8, 4) is 5.75 Å². The molecule has 0 unspecified atom stereocenters. The summed E-state index contributed by atoms with van der Waals surface area (Å²) in [4.78, 5) is 7.29. The number of hydrogen-bond donors (Lipinski definition) is 2. The first kappa shape index (κ1) is 24.2. The van der Waals surface area contributed by atoms with Gasteiger partial charge in [0.2, 0.25) is 0 Å². The van der Waals surface area contributed by atoms with Crippen molar-refractivity contribution in [3.05, 3.63) is 51.2 Å². The Kier molecular flexibility index (Phi) is 10.5. The van der Waals surface area contributed by atoms with E-state index in [1.165, 1.54) is 5.56 Å². The minimum atomic E-state index is 0. The summed E-state index contributed by atoms with van der Waals surface area (Å²) in [6.45, 7) is 6.74. The van der Waals surface area contributed by atoms with E-state index in [-0.39, 0.29) is 24.0 Å². The molecule has 2 aromatic rings. The number of piperidine rings is 1. The quantitative estimate of drug-likeness (QED) is 0.298. The van der Waals surface area contributed by atoms with Crippen LogP contribution in [0, 0.1) is 0 Å². The highest BCUT2D eigenvalue weighted by Crippen LogP contribution is 2.23. The van der Waals surface area contributed by atoms with Gasteiger partial charge in [0, 0.05) is 42.8 Å². The van der Waals surface area contributed by atoms with E-state index in [2.05, 4.69) is 39.3 Å². The third kappa shape index (κ3) is 7.62. The maximum atomic E-state index is 6.05. The van der Waals surface area contributed by atoms with Crippen molar-refractivity contribution in [1.29, 1.82) is 0 Å². The summed E-state index contributed by atoms with van der Waals surface area (Å²) in [5, 5.41) is 12.0. The van der Waals surface area contributed by atoms with E-state index in [9.17, 15) is 0 Å². The fourth-order valence-corrected chi connectivity index (χ4v) is 4.22. The van der Waals surface area contributed by atoms with Gasteiger partial charge in [-0.2, -0.15) is 11.3 Å². The largest absolute Gasteiger partial charge is 0.496 e. The van der Waals surface area contributed by atoms with E-state index in [1.54, 1.807) is 18.4 Å². The lowest BCUT2D eigenvalue weighted by molar-refractivity contribution is 0.198. The van der Waals surface area contributed by atoms with Crippen LogP contribution in [0.3, 0.4) is 0 Å². The monoisotopic (exact) mass is 548 g/mol. The van der Waals surface area contributed by atoms with Crippen molar-refractivity contribution in [2.75, 3.05) is 26.7 Å². The number of hydrogen-bond acceptors (Lipinski definition) is 4.